The molecule has 0 atom stereocenters. The number of carbonyl (C=O) groups is 1. The van der Waals surface area contributed by atoms with Crippen molar-refractivity contribution in [3.8, 4) is 0 Å². The van der Waals surface area contributed by atoms with Gasteiger partial charge in [-0.3, -0.25) is 4.79 Å². The van der Waals surface area contributed by atoms with Crippen molar-refractivity contribution in [1.29, 1.82) is 0 Å². The van der Waals surface area contributed by atoms with Crippen LogP contribution in [0.25, 0.3) is 0 Å². The molecule has 0 aliphatic heterocycles. The highest BCUT2D eigenvalue weighted by molar-refractivity contribution is 9.10. The number of rotatable bonds is 2. The lowest BCUT2D eigenvalue weighted by Crippen LogP contribution is -2.14. The summed E-state index contributed by atoms with van der Waals surface area (Å²) in [6.07, 6.45) is 1.46. The molecule has 1 amide bonds. The number of benzene rings is 1. The van der Waals surface area contributed by atoms with Gasteiger partial charge in [0.2, 0.25) is 0 Å². The zero-order chi connectivity index (χ0) is 14.0. The van der Waals surface area contributed by atoms with E-state index in [0.717, 1.165) is 6.07 Å². The van der Waals surface area contributed by atoms with Crippen molar-refractivity contribution >= 4 is 44.9 Å². The smallest absolute Gasteiger partial charge is 0.258 e. The van der Waals surface area contributed by atoms with E-state index >= 15 is 0 Å². The second-order valence-corrected chi connectivity index (χ2v) is 4.96. The van der Waals surface area contributed by atoms with E-state index < -0.39 is 11.7 Å². The second-order valence-electron chi connectivity index (χ2n) is 3.67. The molecule has 0 fully saturated rings. The van der Waals surface area contributed by atoms with E-state index in [2.05, 4.69) is 26.2 Å². The Bertz CT molecular complexity index is 651. The molecule has 0 saturated carbocycles. The normalized spacial score (nSPS) is 10.3. The Morgan fingerprint density at radius 1 is 1.42 bits per heavy atom. The van der Waals surface area contributed by atoms with E-state index in [1.54, 1.807) is 6.07 Å². The number of anilines is 2. The summed E-state index contributed by atoms with van der Waals surface area (Å²) in [4.78, 5) is 15.9. The maximum absolute atomic E-state index is 13.2. The number of halogens is 3. The molecule has 1 heterocycles. The zero-order valence-electron chi connectivity index (χ0n) is 9.45. The number of pyridine rings is 1. The third kappa shape index (κ3) is 3.21. The molecule has 4 nitrogen and oxygen atoms in total. The molecule has 1 aromatic carbocycles. The molecule has 98 valence electrons. The molecule has 19 heavy (non-hydrogen) atoms. The number of hydrogen-bond acceptors (Lipinski definition) is 3. The molecule has 0 saturated heterocycles. The van der Waals surface area contributed by atoms with Gasteiger partial charge in [-0.15, -0.1) is 0 Å². The van der Waals surface area contributed by atoms with Crippen LogP contribution in [0.1, 0.15) is 10.4 Å². The first kappa shape index (κ1) is 13.8. The fourth-order valence-corrected chi connectivity index (χ4v) is 2.05. The van der Waals surface area contributed by atoms with Crippen molar-refractivity contribution in [2.24, 2.45) is 0 Å². The van der Waals surface area contributed by atoms with Gasteiger partial charge < -0.3 is 11.1 Å². The quantitative estimate of drug-likeness (QED) is 0.820. The van der Waals surface area contributed by atoms with Crippen LogP contribution in [0.3, 0.4) is 0 Å². The average molecular weight is 345 g/mol. The molecule has 0 radical (unpaired) electrons. The molecule has 2 rings (SSSR count). The van der Waals surface area contributed by atoms with Crippen molar-refractivity contribution in [2.75, 3.05) is 11.1 Å². The summed E-state index contributed by atoms with van der Waals surface area (Å²) in [5.41, 5.74) is 5.54. The third-order valence-corrected chi connectivity index (χ3v) is 3.19. The lowest BCUT2D eigenvalue weighted by atomic mass is 10.2. The Labute approximate surface area is 121 Å². The second kappa shape index (κ2) is 5.54. The Morgan fingerprint density at radius 3 is 2.84 bits per heavy atom. The molecule has 0 unspecified atom stereocenters. The van der Waals surface area contributed by atoms with Crippen molar-refractivity contribution in [3.63, 3.8) is 0 Å². The van der Waals surface area contributed by atoms with Gasteiger partial charge in [0, 0.05) is 15.7 Å². The maximum Gasteiger partial charge on any atom is 0.258 e. The highest BCUT2D eigenvalue weighted by Crippen LogP contribution is 2.24. The molecule has 2 aromatic rings. The number of hydrogen-bond donors (Lipinski definition) is 2. The van der Waals surface area contributed by atoms with E-state index in [-0.39, 0.29) is 11.3 Å². The minimum absolute atomic E-state index is 0.104. The van der Waals surface area contributed by atoms with Crippen LogP contribution in [0.2, 0.25) is 5.02 Å². The van der Waals surface area contributed by atoms with Gasteiger partial charge >= 0.3 is 0 Å². The number of nitrogens with two attached hydrogens (primary N) is 1. The summed E-state index contributed by atoms with van der Waals surface area (Å²) in [5, 5.41) is 2.99. The van der Waals surface area contributed by atoms with Gasteiger partial charge in [-0.25, -0.2) is 9.37 Å². The molecule has 3 N–H and O–H groups in total. The minimum atomic E-state index is -0.593. The van der Waals surface area contributed by atoms with Gasteiger partial charge in [-0.2, -0.15) is 0 Å². The van der Waals surface area contributed by atoms with Crippen LogP contribution in [0, 0.1) is 5.82 Å². The highest BCUT2D eigenvalue weighted by Gasteiger charge is 2.14. The van der Waals surface area contributed by atoms with Crippen LogP contribution >= 0.6 is 27.5 Å². The van der Waals surface area contributed by atoms with Crippen LogP contribution in [0.5, 0.6) is 0 Å². The van der Waals surface area contributed by atoms with Crippen LogP contribution < -0.4 is 11.1 Å². The number of nitrogen functional groups attached to an aromatic ring is 1. The Balaban J connectivity index is 2.28. The van der Waals surface area contributed by atoms with Crippen molar-refractivity contribution in [3.05, 3.63) is 51.3 Å². The van der Waals surface area contributed by atoms with Gasteiger partial charge in [-0.1, -0.05) is 11.6 Å². The first-order valence-electron chi connectivity index (χ1n) is 5.15. The van der Waals surface area contributed by atoms with Crippen LogP contribution in [0.15, 0.2) is 34.9 Å². The lowest BCUT2D eigenvalue weighted by molar-refractivity contribution is 0.102. The number of nitrogens with zero attached hydrogens (tertiary/aromatic N) is 1. The molecule has 0 aliphatic carbocycles. The number of amides is 1. The summed E-state index contributed by atoms with van der Waals surface area (Å²) >= 11 is 8.89. The van der Waals surface area contributed by atoms with Gasteiger partial charge in [0.1, 0.15) is 11.6 Å². The molecule has 1 aromatic heterocycles. The summed E-state index contributed by atoms with van der Waals surface area (Å²) in [6, 6.07) is 5.47. The molecule has 7 heteroatoms. The van der Waals surface area contributed by atoms with Crippen LogP contribution in [-0.2, 0) is 0 Å². The van der Waals surface area contributed by atoms with Crippen molar-refractivity contribution < 1.29 is 9.18 Å². The molecule has 0 spiro atoms. The fraction of sp³-hybridized carbons (Fsp3) is 0. The monoisotopic (exact) mass is 343 g/mol. The van der Waals surface area contributed by atoms with Crippen molar-refractivity contribution in [2.45, 2.75) is 0 Å². The third-order valence-electron chi connectivity index (χ3n) is 2.29. The van der Waals surface area contributed by atoms with Gasteiger partial charge in [0.15, 0.2) is 0 Å². The van der Waals surface area contributed by atoms with Crippen LogP contribution in [-0.4, -0.2) is 10.9 Å². The topological polar surface area (TPSA) is 68.0 Å². The van der Waals surface area contributed by atoms with Crippen molar-refractivity contribution in [1.82, 2.24) is 4.98 Å². The van der Waals surface area contributed by atoms with E-state index in [0.29, 0.717) is 15.3 Å². The van der Waals surface area contributed by atoms with E-state index in [1.807, 2.05) is 0 Å². The standard InChI is InChI=1S/C12H8BrClFN3O/c13-8-5-9(15)10(16)4-7(8)12(19)18-11-3-6(14)1-2-17-11/h1-5H,16H2,(H,17,18,19). The zero-order valence-corrected chi connectivity index (χ0v) is 11.8. The number of aromatic nitrogens is 1. The van der Waals surface area contributed by atoms with E-state index in [4.69, 9.17) is 17.3 Å². The Hall–Kier alpha value is -1.66. The summed E-state index contributed by atoms with van der Waals surface area (Å²) in [6.45, 7) is 0. The van der Waals surface area contributed by atoms with Gasteiger partial charge in [0.25, 0.3) is 5.91 Å². The predicted octanol–water partition coefficient (Wildman–Crippen LogP) is 3.47. The number of nitrogens with one attached hydrogen (secondary N) is 1. The van der Waals surface area contributed by atoms with Gasteiger partial charge in [0.05, 0.1) is 11.3 Å². The summed E-state index contributed by atoms with van der Waals surface area (Å²) in [5.74, 6) is -0.759. The molecule has 0 bridgehead atoms. The lowest BCUT2D eigenvalue weighted by Gasteiger charge is -2.08. The Kier molecular flexibility index (Phi) is 4.01. The number of carbonyl (C=O) groups excluding carboxylic acids is 1. The van der Waals surface area contributed by atoms with Gasteiger partial charge in [-0.05, 0) is 40.2 Å². The molecular weight excluding hydrogens is 337 g/mol. The molecular formula is C12H8BrClFN3O. The summed E-state index contributed by atoms with van der Waals surface area (Å²) < 4.78 is 13.5. The van der Waals surface area contributed by atoms with E-state index in [1.165, 1.54) is 18.3 Å². The average Bonchev–Trinajstić information content (AvgIpc) is 2.33. The largest absolute Gasteiger partial charge is 0.396 e. The first-order valence-corrected chi connectivity index (χ1v) is 6.32. The SMILES string of the molecule is Nc1cc(C(=O)Nc2cc(Cl)ccn2)c(Br)cc1F. The maximum atomic E-state index is 13.2. The first-order chi connectivity index (χ1) is 8.97. The summed E-state index contributed by atoms with van der Waals surface area (Å²) in [7, 11) is 0. The fourth-order valence-electron chi connectivity index (χ4n) is 1.40. The molecule has 0 aliphatic rings. The van der Waals surface area contributed by atoms with E-state index in [9.17, 15) is 9.18 Å². The van der Waals surface area contributed by atoms with Crippen LogP contribution in [0.4, 0.5) is 15.9 Å². The predicted molar refractivity (Wildman–Crippen MR) is 75.7 cm³/mol. The highest BCUT2D eigenvalue weighted by atomic mass is 79.9. The minimum Gasteiger partial charge on any atom is -0.396 e. The Morgan fingerprint density at radius 2 is 2.16 bits per heavy atom.